The molecule has 70 valence electrons. The molecular weight excluding hydrogens is 156 g/mol. The Bertz CT molecular complexity index is 223. The zero-order chi connectivity index (χ0) is 8.67. The molecule has 1 saturated carbocycles. The average molecular weight is 174 g/mol. The van der Waals surface area contributed by atoms with Gasteiger partial charge in [0.05, 0.1) is 0 Å². The summed E-state index contributed by atoms with van der Waals surface area (Å²) < 4.78 is 0. The highest BCUT2D eigenvalue weighted by Gasteiger charge is 2.41. The van der Waals surface area contributed by atoms with Gasteiger partial charge in [0.15, 0.2) is 0 Å². The van der Waals surface area contributed by atoms with Crippen LogP contribution in [-0.2, 0) is 0 Å². The quantitative estimate of drug-likeness (QED) is 0.493. The number of hydrogen-bond acceptors (Lipinski definition) is 0. The molecule has 0 nitrogen and oxygen atoms in total. The van der Waals surface area contributed by atoms with Crippen molar-refractivity contribution in [3.63, 3.8) is 0 Å². The third kappa shape index (κ3) is 1.19. The van der Waals surface area contributed by atoms with Crippen LogP contribution in [0, 0.1) is 23.7 Å². The standard InChI is InChI=1S/C13H18/c1-3-7-12-10(5-1)9-11-6-2-4-8-13(11)12/h3-4,7-8,10-13H,1-2,5-6,9H2. The minimum atomic E-state index is 0.912. The van der Waals surface area contributed by atoms with Crippen LogP contribution < -0.4 is 0 Å². The highest BCUT2D eigenvalue weighted by molar-refractivity contribution is 5.12. The molecule has 0 bridgehead atoms. The molecule has 0 aromatic heterocycles. The van der Waals surface area contributed by atoms with Crippen LogP contribution >= 0.6 is 0 Å². The van der Waals surface area contributed by atoms with E-state index in [2.05, 4.69) is 24.3 Å². The summed E-state index contributed by atoms with van der Waals surface area (Å²) in [4.78, 5) is 0. The van der Waals surface area contributed by atoms with Gasteiger partial charge in [0, 0.05) is 0 Å². The Labute approximate surface area is 80.7 Å². The van der Waals surface area contributed by atoms with Gasteiger partial charge < -0.3 is 0 Å². The van der Waals surface area contributed by atoms with Gasteiger partial charge in [-0.15, -0.1) is 0 Å². The number of fused-ring (bicyclic) bond motifs is 3. The third-order valence-electron chi connectivity index (χ3n) is 4.26. The van der Waals surface area contributed by atoms with E-state index in [1.165, 1.54) is 32.1 Å². The Morgan fingerprint density at radius 1 is 0.769 bits per heavy atom. The Morgan fingerprint density at radius 3 is 1.85 bits per heavy atom. The first kappa shape index (κ1) is 7.84. The largest absolute Gasteiger partial charge is 0.0882 e. The fraction of sp³-hybridized carbons (Fsp3) is 0.692. The highest BCUT2D eigenvalue weighted by atomic mass is 14.5. The molecule has 1 fully saturated rings. The zero-order valence-electron chi connectivity index (χ0n) is 8.15. The van der Waals surface area contributed by atoms with Crippen molar-refractivity contribution in [2.24, 2.45) is 23.7 Å². The van der Waals surface area contributed by atoms with Crippen LogP contribution in [0.15, 0.2) is 24.3 Å². The van der Waals surface area contributed by atoms with Crippen LogP contribution in [0.5, 0.6) is 0 Å². The molecule has 0 aromatic carbocycles. The lowest BCUT2D eigenvalue weighted by Gasteiger charge is -2.25. The van der Waals surface area contributed by atoms with Gasteiger partial charge in [0.25, 0.3) is 0 Å². The average Bonchev–Trinajstić information content (AvgIpc) is 2.56. The first-order valence-corrected chi connectivity index (χ1v) is 5.78. The van der Waals surface area contributed by atoms with Gasteiger partial charge in [0.2, 0.25) is 0 Å². The van der Waals surface area contributed by atoms with Crippen LogP contribution in [0.2, 0.25) is 0 Å². The second-order valence-corrected chi connectivity index (χ2v) is 4.92. The second-order valence-electron chi connectivity index (χ2n) is 4.92. The monoisotopic (exact) mass is 174 g/mol. The van der Waals surface area contributed by atoms with Crippen molar-refractivity contribution in [1.29, 1.82) is 0 Å². The summed E-state index contributed by atoms with van der Waals surface area (Å²) in [5.74, 6) is 3.89. The maximum Gasteiger partial charge on any atom is -0.0139 e. The van der Waals surface area contributed by atoms with E-state index >= 15 is 0 Å². The fourth-order valence-electron chi connectivity index (χ4n) is 3.65. The molecule has 0 spiro atoms. The number of rotatable bonds is 0. The summed E-state index contributed by atoms with van der Waals surface area (Å²) in [6, 6.07) is 0. The van der Waals surface area contributed by atoms with Crippen molar-refractivity contribution in [1.82, 2.24) is 0 Å². The molecule has 3 aliphatic rings. The Kier molecular flexibility index (Phi) is 1.81. The predicted octanol–water partition coefficient (Wildman–Crippen LogP) is 3.55. The summed E-state index contributed by atoms with van der Waals surface area (Å²) in [6.07, 6.45) is 16.9. The first-order chi connectivity index (χ1) is 6.45. The Balaban J connectivity index is 1.89. The highest BCUT2D eigenvalue weighted by Crippen LogP contribution is 2.50. The molecule has 0 N–H and O–H groups in total. The normalized spacial score (nSPS) is 47.4. The molecule has 0 amide bonds. The lowest BCUT2D eigenvalue weighted by Crippen LogP contribution is -2.17. The van der Waals surface area contributed by atoms with E-state index in [1.807, 2.05) is 0 Å². The van der Waals surface area contributed by atoms with Gasteiger partial charge in [-0.05, 0) is 55.8 Å². The van der Waals surface area contributed by atoms with E-state index in [9.17, 15) is 0 Å². The summed E-state index contributed by atoms with van der Waals surface area (Å²) >= 11 is 0. The molecule has 4 atom stereocenters. The van der Waals surface area contributed by atoms with Crippen LogP contribution in [-0.4, -0.2) is 0 Å². The van der Waals surface area contributed by atoms with Crippen molar-refractivity contribution in [2.45, 2.75) is 32.1 Å². The zero-order valence-corrected chi connectivity index (χ0v) is 8.15. The van der Waals surface area contributed by atoms with Crippen molar-refractivity contribution >= 4 is 0 Å². The molecule has 0 saturated heterocycles. The van der Waals surface area contributed by atoms with Crippen LogP contribution in [0.3, 0.4) is 0 Å². The SMILES string of the molecule is C1=CC2C(CC1)CC1CCC=CC12. The molecular formula is C13H18. The minimum absolute atomic E-state index is 0.912. The van der Waals surface area contributed by atoms with Gasteiger partial charge in [0.1, 0.15) is 0 Å². The van der Waals surface area contributed by atoms with Gasteiger partial charge in [-0.2, -0.15) is 0 Å². The van der Waals surface area contributed by atoms with Crippen molar-refractivity contribution in [3.8, 4) is 0 Å². The molecule has 0 heteroatoms. The second kappa shape index (κ2) is 3.01. The van der Waals surface area contributed by atoms with Gasteiger partial charge in [-0.1, -0.05) is 24.3 Å². The molecule has 0 radical (unpaired) electrons. The van der Waals surface area contributed by atoms with Gasteiger partial charge >= 0.3 is 0 Å². The third-order valence-corrected chi connectivity index (χ3v) is 4.26. The molecule has 4 unspecified atom stereocenters. The molecule has 3 aliphatic carbocycles. The lowest BCUT2D eigenvalue weighted by molar-refractivity contribution is 0.364. The first-order valence-electron chi connectivity index (χ1n) is 5.78. The fourth-order valence-corrected chi connectivity index (χ4v) is 3.65. The predicted molar refractivity (Wildman–Crippen MR) is 55.3 cm³/mol. The lowest BCUT2D eigenvalue weighted by atomic mass is 9.79. The van der Waals surface area contributed by atoms with Crippen molar-refractivity contribution in [2.75, 3.05) is 0 Å². The van der Waals surface area contributed by atoms with Gasteiger partial charge in [-0.25, -0.2) is 0 Å². The molecule has 0 heterocycles. The summed E-state index contributed by atoms with van der Waals surface area (Å²) in [6.45, 7) is 0. The van der Waals surface area contributed by atoms with E-state index in [1.54, 1.807) is 0 Å². The topological polar surface area (TPSA) is 0 Å². The number of allylic oxidation sites excluding steroid dienone is 4. The van der Waals surface area contributed by atoms with E-state index in [0.717, 1.165) is 23.7 Å². The smallest absolute Gasteiger partial charge is 0.0139 e. The van der Waals surface area contributed by atoms with Crippen LogP contribution in [0.1, 0.15) is 32.1 Å². The minimum Gasteiger partial charge on any atom is -0.0882 e. The maximum absolute atomic E-state index is 2.51. The summed E-state index contributed by atoms with van der Waals surface area (Å²) in [7, 11) is 0. The molecule has 13 heavy (non-hydrogen) atoms. The summed E-state index contributed by atoms with van der Waals surface area (Å²) in [5.41, 5.74) is 0. The Morgan fingerprint density at radius 2 is 1.31 bits per heavy atom. The van der Waals surface area contributed by atoms with Crippen LogP contribution in [0.25, 0.3) is 0 Å². The molecule has 0 aromatic rings. The van der Waals surface area contributed by atoms with Crippen LogP contribution in [0.4, 0.5) is 0 Å². The van der Waals surface area contributed by atoms with Crippen molar-refractivity contribution in [3.05, 3.63) is 24.3 Å². The molecule has 0 aliphatic heterocycles. The molecule has 3 rings (SSSR count). The number of hydrogen-bond donors (Lipinski definition) is 0. The summed E-state index contributed by atoms with van der Waals surface area (Å²) in [5, 5.41) is 0. The van der Waals surface area contributed by atoms with E-state index < -0.39 is 0 Å². The Hall–Kier alpha value is -0.520. The van der Waals surface area contributed by atoms with Crippen molar-refractivity contribution < 1.29 is 0 Å². The van der Waals surface area contributed by atoms with E-state index in [4.69, 9.17) is 0 Å². The van der Waals surface area contributed by atoms with Gasteiger partial charge in [-0.3, -0.25) is 0 Å². The van der Waals surface area contributed by atoms with E-state index in [0.29, 0.717) is 0 Å². The maximum atomic E-state index is 2.51. The van der Waals surface area contributed by atoms with E-state index in [-0.39, 0.29) is 0 Å².